The largest absolute Gasteiger partial charge is 0.493 e. The lowest BCUT2D eigenvalue weighted by Gasteiger charge is -2.41. The predicted molar refractivity (Wildman–Crippen MR) is 112 cm³/mol. The molecule has 0 unspecified atom stereocenters. The van der Waals surface area contributed by atoms with Crippen LogP contribution in [0.5, 0.6) is 11.5 Å². The number of rotatable bonds is 7. The fraction of sp³-hybridized carbons (Fsp3) is 0.526. The van der Waals surface area contributed by atoms with Crippen LogP contribution < -0.4 is 24.2 Å². The van der Waals surface area contributed by atoms with Gasteiger partial charge < -0.3 is 14.4 Å². The van der Waals surface area contributed by atoms with Gasteiger partial charge in [-0.25, -0.2) is 9.86 Å². The average molecular weight is 422 g/mol. The van der Waals surface area contributed by atoms with Gasteiger partial charge in [0.2, 0.25) is 0 Å². The maximum Gasteiger partial charge on any atom is 0.274 e. The molecular weight excluding hydrogens is 394 g/mol. The van der Waals surface area contributed by atoms with Gasteiger partial charge in [-0.05, 0) is 25.0 Å². The normalized spacial score (nSPS) is 19.3. The van der Waals surface area contributed by atoms with Gasteiger partial charge in [0.05, 0.1) is 19.7 Å². The maximum atomic E-state index is 11.3. The third-order valence-corrected chi connectivity index (χ3v) is 6.49. The molecule has 1 aromatic heterocycles. The Bertz CT molecular complexity index is 1000. The molecule has 2 heterocycles. The van der Waals surface area contributed by atoms with Gasteiger partial charge >= 0.3 is 0 Å². The molecule has 158 valence electrons. The smallest absolute Gasteiger partial charge is 0.274 e. The second-order valence-electron chi connectivity index (χ2n) is 7.62. The summed E-state index contributed by atoms with van der Waals surface area (Å²) in [6, 6.07) is 5.90. The monoisotopic (exact) mass is 421 g/mol. The molecule has 0 bridgehead atoms. The van der Waals surface area contributed by atoms with Gasteiger partial charge in [-0.15, -0.1) is 0 Å². The Labute approximate surface area is 171 Å². The van der Waals surface area contributed by atoms with E-state index in [2.05, 4.69) is 19.5 Å². The molecule has 0 spiro atoms. The average Bonchev–Trinajstić information content (AvgIpc) is 3.51. The van der Waals surface area contributed by atoms with Gasteiger partial charge in [0.1, 0.15) is 0 Å². The standard InChI is InChI=1S/C19H27N5O4S/c1-27-17-11-14-15(12-18(17)28-2)21-6-3-16(14)23-7-9-24(10-8-23)19(4-5-19)13-22-29(20,25)26/h3,6,11-12,22H,4-5,7-10,13H2,1-2H3,(H2,20,25,26). The van der Waals surface area contributed by atoms with E-state index in [1.165, 1.54) is 0 Å². The van der Waals surface area contributed by atoms with Crippen molar-refractivity contribution in [3.05, 3.63) is 24.4 Å². The molecule has 1 saturated heterocycles. The number of hydrogen-bond acceptors (Lipinski definition) is 7. The highest BCUT2D eigenvalue weighted by atomic mass is 32.2. The van der Waals surface area contributed by atoms with E-state index in [0.29, 0.717) is 18.0 Å². The van der Waals surface area contributed by atoms with Gasteiger partial charge in [0.15, 0.2) is 11.5 Å². The Kier molecular flexibility index (Phi) is 5.28. The highest BCUT2D eigenvalue weighted by molar-refractivity contribution is 7.87. The van der Waals surface area contributed by atoms with Crippen molar-refractivity contribution >= 4 is 26.8 Å². The zero-order valence-corrected chi connectivity index (χ0v) is 17.5. The minimum Gasteiger partial charge on any atom is -0.493 e. The summed E-state index contributed by atoms with van der Waals surface area (Å²) in [5.74, 6) is 1.34. The number of ether oxygens (including phenoxy) is 2. The van der Waals surface area contributed by atoms with E-state index in [4.69, 9.17) is 14.6 Å². The summed E-state index contributed by atoms with van der Waals surface area (Å²) in [5.41, 5.74) is 1.89. The first-order valence-corrected chi connectivity index (χ1v) is 11.2. The van der Waals surface area contributed by atoms with E-state index in [9.17, 15) is 8.42 Å². The lowest BCUT2D eigenvalue weighted by molar-refractivity contribution is 0.168. The van der Waals surface area contributed by atoms with Gasteiger partial charge in [-0.3, -0.25) is 9.88 Å². The molecule has 29 heavy (non-hydrogen) atoms. The van der Waals surface area contributed by atoms with Crippen molar-refractivity contribution in [1.82, 2.24) is 14.6 Å². The molecule has 10 heteroatoms. The second-order valence-corrected chi connectivity index (χ2v) is 9.00. The van der Waals surface area contributed by atoms with Crippen LogP contribution in [0.4, 0.5) is 5.69 Å². The van der Waals surface area contributed by atoms with E-state index in [1.54, 1.807) is 14.2 Å². The van der Waals surface area contributed by atoms with Crippen LogP contribution in [0, 0.1) is 0 Å². The predicted octanol–water partition coefficient (Wildman–Crippen LogP) is 0.700. The Hall–Kier alpha value is -2.14. The molecule has 0 atom stereocenters. The zero-order valence-electron chi connectivity index (χ0n) is 16.7. The highest BCUT2D eigenvalue weighted by Crippen LogP contribution is 2.42. The third-order valence-electron chi connectivity index (χ3n) is 5.94. The Morgan fingerprint density at radius 1 is 1.14 bits per heavy atom. The fourth-order valence-electron chi connectivity index (χ4n) is 4.14. The number of piperazine rings is 1. The molecule has 2 fully saturated rings. The van der Waals surface area contributed by atoms with Gasteiger partial charge in [-0.2, -0.15) is 8.42 Å². The summed E-state index contributed by atoms with van der Waals surface area (Å²) in [6.07, 6.45) is 3.80. The first-order chi connectivity index (χ1) is 13.8. The molecule has 1 saturated carbocycles. The molecule has 3 N–H and O–H groups in total. The van der Waals surface area contributed by atoms with Crippen molar-refractivity contribution in [2.75, 3.05) is 51.8 Å². The van der Waals surface area contributed by atoms with Crippen LogP contribution in [-0.2, 0) is 10.2 Å². The van der Waals surface area contributed by atoms with Crippen molar-refractivity contribution in [1.29, 1.82) is 0 Å². The summed E-state index contributed by atoms with van der Waals surface area (Å²) in [7, 11) is -0.418. The number of benzene rings is 1. The van der Waals surface area contributed by atoms with Crippen molar-refractivity contribution in [3.63, 3.8) is 0 Å². The Balaban J connectivity index is 1.51. The summed E-state index contributed by atoms with van der Waals surface area (Å²) in [5, 5.41) is 6.13. The molecule has 0 radical (unpaired) electrons. The van der Waals surface area contributed by atoms with E-state index in [0.717, 1.165) is 55.6 Å². The van der Waals surface area contributed by atoms with Gasteiger partial charge in [-0.1, -0.05) is 0 Å². The minimum atomic E-state index is -3.66. The van der Waals surface area contributed by atoms with E-state index in [-0.39, 0.29) is 5.54 Å². The van der Waals surface area contributed by atoms with Crippen molar-refractivity contribution in [2.45, 2.75) is 18.4 Å². The number of hydrogen-bond donors (Lipinski definition) is 2. The van der Waals surface area contributed by atoms with Crippen LogP contribution in [-0.4, -0.2) is 70.8 Å². The summed E-state index contributed by atoms with van der Waals surface area (Å²) >= 11 is 0. The molecule has 0 amide bonds. The summed E-state index contributed by atoms with van der Waals surface area (Å²) in [4.78, 5) is 9.21. The van der Waals surface area contributed by atoms with Gasteiger partial charge in [0.25, 0.3) is 10.2 Å². The van der Waals surface area contributed by atoms with E-state index >= 15 is 0 Å². The Morgan fingerprint density at radius 3 is 2.38 bits per heavy atom. The van der Waals surface area contributed by atoms with Crippen LogP contribution in [0.2, 0.25) is 0 Å². The van der Waals surface area contributed by atoms with Gasteiger partial charge in [0, 0.05) is 61.6 Å². The van der Waals surface area contributed by atoms with E-state index in [1.807, 2.05) is 24.4 Å². The van der Waals surface area contributed by atoms with Crippen LogP contribution in [0.1, 0.15) is 12.8 Å². The summed E-state index contributed by atoms with van der Waals surface area (Å²) < 4.78 is 35.9. The first kappa shape index (κ1) is 20.1. The third kappa shape index (κ3) is 4.11. The molecule has 1 aromatic carbocycles. The quantitative estimate of drug-likeness (QED) is 0.677. The van der Waals surface area contributed by atoms with Crippen LogP contribution in [0.15, 0.2) is 24.4 Å². The van der Waals surface area contributed by atoms with Crippen molar-refractivity contribution in [3.8, 4) is 11.5 Å². The summed E-state index contributed by atoms with van der Waals surface area (Å²) in [6.45, 7) is 3.81. The first-order valence-electron chi connectivity index (χ1n) is 9.63. The van der Waals surface area contributed by atoms with Crippen molar-refractivity contribution in [2.24, 2.45) is 5.14 Å². The van der Waals surface area contributed by atoms with Crippen LogP contribution in [0.3, 0.4) is 0 Å². The number of aromatic nitrogens is 1. The molecule has 4 rings (SSSR count). The number of fused-ring (bicyclic) bond motifs is 1. The van der Waals surface area contributed by atoms with Crippen LogP contribution in [0.25, 0.3) is 10.9 Å². The molecule has 2 aliphatic rings. The lowest BCUT2D eigenvalue weighted by atomic mass is 10.1. The number of nitrogens with one attached hydrogen (secondary N) is 1. The number of methoxy groups -OCH3 is 2. The molecule has 1 aliphatic carbocycles. The SMILES string of the molecule is COc1cc2nccc(N3CCN(C4(CNS(N)(=O)=O)CC4)CC3)c2cc1OC. The molecule has 9 nitrogen and oxygen atoms in total. The lowest BCUT2D eigenvalue weighted by Crippen LogP contribution is -2.55. The van der Waals surface area contributed by atoms with Crippen LogP contribution >= 0.6 is 0 Å². The topological polar surface area (TPSA) is 110 Å². The second kappa shape index (κ2) is 7.60. The minimum absolute atomic E-state index is 0.0879. The molecule has 1 aliphatic heterocycles. The maximum absolute atomic E-state index is 11.3. The molecule has 2 aromatic rings. The highest BCUT2D eigenvalue weighted by Gasteiger charge is 2.48. The number of anilines is 1. The number of pyridine rings is 1. The van der Waals surface area contributed by atoms with Crippen molar-refractivity contribution < 1.29 is 17.9 Å². The Morgan fingerprint density at radius 2 is 1.79 bits per heavy atom. The molecular formula is C19H27N5O4S. The van der Waals surface area contributed by atoms with E-state index < -0.39 is 10.2 Å². The zero-order chi connectivity index (χ0) is 20.6. The number of nitrogens with two attached hydrogens (primary N) is 1. The fourth-order valence-corrected chi connectivity index (χ4v) is 4.61. The number of nitrogens with zero attached hydrogens (tertiary/aromatic N) is 3.